The molecule has 120 valence electrons. The molecule has 1 saturated heterocycles. The molecule has 1 aromatic heterocycles. The fourth-order valence-electron chi connectivity index (χ4n) is 2.77. The van der Waals surface area contributed by atoms with Gasteiger partial charge >= 0.3 is 5.97 Å². The molecule has 1 aromatic carbocycles. The maximum absolute atomic E-state index is 12.4. The first kappa shape index (κ1) is 15.7. The van der Waals surface area contributed by atoms with Crippen LogP contribution in [0.3, 0.4) is 0 Å². The van der Waals surface area contributed by atoms with Gasteiger partial charge in [-0.3, -0.25) is 9.59 Å². The average molecular weight is 330 g/mol. The van der Waals surface area contributed by atoms with Crippen LogP contribution >= 0.6 is 11.3 Å². The second-order valence-corrected chi connectivity index (χ2v) is 6.56. The van der Waals surface area contributed by atoms with Crippen LogP contribution in [0.25, 0.3) is 10.6 Å². The summed E-state index contributed by atoms with van der Waals surface area (Å²) < 4.78 is 0. The van der Waals surface area contributed by atoms with Crippen molar-refractivity contribution in [2.45, 2.75) is 19.3 Å². The van der Waals surface area contributed by atoms with Crippen molar-refractivity contribution in [2.75, 3.05) is 13.1 Å². The number of hydrogen-bond donors (Lipinski definition) is 1. The Balaban J connectivity index is 1.64. The summed E-state index contributed by atoms with van der Waals surface area (Å²) in [5.41, 5.74) is 1.79. The van der Waals surface area contributed by atoms with Gasteiger partial charge in [-0.2, -0.15) is 0 Å². The average Bonchev–Trinajstić information content (AvgIpc) is 3.04. The van der Waals surface area contributed by atoms with E-state index in [1.807, 2.05) is 35.7 Å². The van der Waals surface area contributed by atoms with Crippen LogP contribution in [-0.2, 0) is 16.0 Å². The summed E-state index contributed by atoms with van der Waals surface area (Å²) in [5, 5.41) is 11.9. The Bertz CT molecular complexity index is 699. The smallest absolute Gasteiger partial charge is 0.308 e. The van der Waals surface area contributed by atoms with E-state index >= 15 is 0 Å². The standard InChI is InChI=1S/C17H18N2O3S/c20-15(19-8-4-7-13(10-19)17(21)22)9-14-11-23-16(18-14)12-5-2-1-3-6-12/h1-3,5-6,11,13H,4,7-10H2,(H,21,22). The Morgan fingerprint density at radius 3 is 2.83 bits per heavy atom. The Morgan fingerprint density at radius 1 is 1.30 bits per heavy atom. The number of likely N-dealkylation sites (tertiary alicyclic amines) is 1. The molecule has 2 heterocycles. The van der Waals surface area contributed by atoms with Crippen molar-refractivity contribution in [1.29, 1.82) is 0 Å². The van der Waals surface area contributed by atoms with Crippen molar-refractivity contribution in [2.24, 2.45) is 5.92 Å². The zero-order chi connectivity index (χ0) is 16.2. The number of carbonyl (C=O) groups excluding carboxylic acids is 1. The fraction of sp³-hybridized carbons (Fsp3) is 0.353. The van der Waals surface area contributed by atoms with Gasteiger partial charge in [-0.25, -0.2) is 4.98 Å². The number of nitrogens with zero attached hydrogens (tertiary/aromatic N) is 2. The lowest BCUT2D eigenvalue weighted by Gasteiger charge is -2.30. The summed E-state index contributed by atoms with van der Waals surface area (Å²) in [4.78, 5) is 29.7. The number of aromatic nitrogens is 1. The third-order valence-electron chi connectivity index (χ3n) is 4.03. The van der Waals surface area contributed by atoms with Crippen LogP contribution < -0.4 is 0 Å². The maximum Gasteiger partial charge on any atom is 0.308 e. The first-order valence-corrected chi connectivity index (χ1v) is 8.52. The van der Waals surface area contributed by atoms with Crippen LogP contribution in [0.15, 0.2) is 35.7 Å². The van der Waals surface area contributed by atoms with Crippen LogP contribution in [0, 0.1) is 5.92 Å². The normalized spacial score (nSPS) is 17.9. The summed E-state index contributed by atoms with van der Waals surface area (Å²) in [6, 6.07) is 9.86. The van der Waals surface area contributed by atoms with Gasteiger partial charge in [0.2, 0.25) is 5.91 Å². The van der Waals surface area contributed by atoms with Crippen molar-refractivity contribution in [3.8, 4) is 10.6 Å². The van der Waals surface area contributed by atoms with Gasteiger partial charge < -0.3 is 10.0 Å². The molecule has 1 unspecified atom stereocenters. The number of thiazole rings is 1. The van der Waals surface area contributed by atoms with Gasteiger partial charge in [0.05, 0.1) is 18.0 Å². The summed E-state index contributed by atoms with van der Waals surface area (Å²) in [6.07, 6.45) is 1.62. The van der Waals surface area contributed by atoms with Gasteiger partial charge in [-0.05, 0) is 12.8 Å². The maximum atomic E-state index is 12.4. The SMILES string of the molecule is O=C(O)C1CCCN(C(=O)Cc2csc(-c3ccccc3)n2)C1. The largest absolute Gasteiger partial charge is 0.481 e. The first-order valence-electron chi connectivity index (χ1n) is 7.64. The number of carbonyl (C=O) groups is 2. The molecule has 0 bridgehead atoms. The third-order valence-corrected chi connectivity index (χ3v) is 4.97. The lowest BCUT2D eigenvalue weighted by atomic mass is 9.98. The number of piperidine rings is 1. The molecule has 23 heavy (non-hydrogen) atoms. The number of hydrogen-bond acceptors (Lipinski definition) is 4. The minimum Gasteiger partial charge on any atom is -0.481 e. The van der Waals surface area contributed by atoms with Gasteiger partial charge in [-0.1, -0.05) is 30.3 Å². The van der Waals surface area contributed by atoms with E-state index in [0.717, 1.165) is 22.7 Å². The molecular weight excluding hydrogens is 312 g/mol. The number of benzene rings is 1. The zero-order valence-corrected chi connectivity index (χ0v) is 13.5. The number of carboxylic acids is 1. The van der Waals surface area contributed by atoms with E-state index in [0.29, 0.717) is 19.5 Å². The first-order chi connectivity index (χ1) is 11.1. The van der Waals surface area contributed by atoms with Crippen molar-refractivity contribution < 1.29 is 14.7 Å². The Labute approximate surface area is 138 Å². The topological polar surface area (TPSA) is 70.5 Å². The number of aliphatic carboxylic acids is 1. The molecule has 0 spiro atoms. The van der Waals surface area contributed by atoms with Gasteiger partial charge in [0, 0.05) is 24.0 Å². The van der Waals surface area contributed by atoms with Gasteiger partial charge in [-0.15, -0.1) is 11.3 Å². The van der Waals surface area contributed by atoms with E-state index in [4.69, 9.17) is 5.11 Å². The van der Waals surface area contributed by atoms with Crippen LogP contribution in [0.4, 0.5) is 0 Å². The lowest BCUT2D eigenvalue weighted by molar-refractivity contribution is -0.145. The van der Waals surface area contributed by atoms with Crippen molar-refractivity contribution in [3.05, 3.63) is 41.4 Å². The van der Waals surface area contributed by atoms with E-state index in [2.05, 4.69) is 4.98 Å². The van der Waals surface area contributed by atoms with Crippen LogP contribution in [0.1, 0.15) is 18.5 Å². The fourth-order valence-corrected chi connectivity index (χ4v) is 3.60. The highest BCUT2D eigenvalue weighted by Crippen LogP contribution is 2.24. The molecular formula is C17H18N2O3S. The van der Waals surface area contributed by atoms with Crippen LogP contribution in [0.2, 0.25) is 0 Å². The summed E-state index contributed by atoms with van der Waals surface area (Å²) >= 11 is 1.52. The van der Waals surface area contributed by atoms with E-state index in [9.17, 15) is 9.59 Å². The molecule has 1 amide bonds. The van der Waals surface area contributed by atoms with Crippen molar-refractivity contribution in [1.82, 2.24) is 9.88 Å². The van der Waals surface area contributed by atoms with Crippen LogP contribution in [0.5, 0.6) is 0 Å². The minimum atomic E-state index is -0.817. The molecule has 2 aromatic rings. The third kappa shape index (κ3) is 3.76. The highest BCUT2D eigenvalue weighted by atomic mass is 32.1. The summed E-state index contributed by atoms with van der Waals surface area (Å²) in [6.45, 7) is 0.947. The second kappa shape index (κ2) is 6.91. The van der Waals surface area contributed by atoms with Gasteiger partial charge in [0.15, 0.2) is 0 Å². The quantitative estimate of drug-likeness (QED) is 0.935. The van der Waals surface area contributed by atoms with Gasteiger partial charge in [0.25, 0.3) is 0 Å². The molecule has 1 N–H and O–H groups in total. The molecule has 0 aliphatic carbocycles. The Morgan fingerprint density at radius 2 is 2.09 bits per heavy atom. The Hall–Kier alpha value is -2.21. The molecule has 1 aliphatic heterocycles. The van der Waals surface area contributed by atoms with E-state index in [-0.39, 0.29) is 12.3 Å². The monoisotopic (exact) mass is 330 g/mol. The van der Waals surface area contributed by atoms with E-state index < -0.39 is 11.9 Å². The highest BCUT2D eigenvalue weighted by Gasteiger charge is 2.28. The van der Waals surface area contributed by atoms with E-state index in [1.54, 1.807) is 4.90 Å². The predicted molar refractivity (Wildman–Crippen MR) is 88.2 cm³/mol. The molecule has 1 atom stereocenters. The summed E-state index contributed by atoms with van der Waals surface area (Å²) in [5.74, 6) is -1.30. The van der Waals surface area contributed by atoms with Gasteiger partial charge in [0.1, 0.15) is 5.01 Å². The molecule has 5 nitrogen and oxygen atoms in total. The zero-order valence-electron chi connectivity index (χ0n) is 12.6. The molecule has 1 aliphatic rings. The minimum absolute atomic E-state index is 0.0409. The Kier molecular flexibility index (Phi) is 4.71. The van der Waals surface area contributed by atoms with E-state index in [1.165, 1.54) is 11.3 Å². The summed E-state index contributed by atoms with van der Waals surface area (Å²) in [7, 11) is 0. The lowest BCUT2D eigenvalue weighted by Crippen LogP contribution is -2.43. The molecule has 0 radical (unpaired) electrons. The second-order valence-electron chi connectivity index (χ2n) is 5.70. The molecule has 0 saturated carbocycles. The predicted octanol–water partition coefficient (Wildman–Crippen LogP) is 2.68. The van der Waals surface area contributed by atoms with Crippen LogP contribution in [-0.4, -0.2) is 40.0 Å². The van der Waals surface area contributed by atoms with Crippen molar-refractivity contribution >= 4 is 23.2 Å². The number of amides is 1. The number of rotatable bonds is 4. The number of carboxylic acid groups (broad SMARTS) is 1. The molecule has 6 heteroatoms. The highest BCUT2D eigenvalue weighted by molar-refractivity contribution is 7.13. The molecule has 1 fully saturated rings. The molecule has 3 rings (SSSR count). The van der Waals surface area contributed by atoms with Crippen molar-refractivity contribution in [3.63, 3.8) is 0 Å².